The number of hydrogen-bond acceptors (Lipinski definition) is 4. The predicted octanol–water partition coefficient (Wildman–Crippen LogP) is 2.10. The summed E-state index contributed by atoms with van der Waals surface area (Å²) in [5.74, 6) is -0.845. The van der Waals surface area contributed by atoms with E-state index in [0.717, 1.165) is 0 Å². The van der Waals surface area contributed by atoms with Crippen molar-refractivity contribution in [3.8, 4) is 0 Å². The Hall–Kier alpha value is -2.50. The fourth-order valence-electron chi connectivity index (χ4n) is 1.61. The molecule has 0 fully saturated rings. The summed E-state index contributed by atoms with van der Waals surface area (Å²) in [6.07, 6.45) is -0.661. The third kappa shape index (κ3) is 2.13. The second-order valence-corrected chi connectivity index (χ2v) is 3.51. The van der Waals surface area contributed by atoms with Gasteiger partial charge in [-0.1, -0.05) is 12.1 Å². The van der Waals surface area contributed by atoms with E-state index >= 15 is 0 Å². The van der Waals surface area contributed by atoms with Crippen LogP contribution in [0.3, 0.4) is 0 Å². The largest absolute Gasteiger partial charge is 0.450 e. The SMILES string of the molecule is CCOC(=O)Nc1c(C(N)=O)oc2ccccc12. The van der Waals surface area contributed by atoms with Gasteiger partial charge in [0.05, 0.1) is 6.61 Å². The molecular weight excluding hydrogens is 236 g/mol. The Morgan fingerprint density at radius 3 is 2.78 bits per heavy atom. The molecule has 0 spiro atoms. The van der Waals surface area contributed by atoms with Gasteiger partial charge in [0.2, 0.25) is 5.76 Å². The molecule has 0 saturated carbocycles. The minimum absolute atomic E-state index is 0.0933. The van der Waals surface area contributed by atoms with Crippen LogP contribution >= 0.6 is 0 Å². The number of anilines is 1. The maximum absolute atomic E-state index is 11.4. The van der Waals surface area contributed by atoms with E-state index in [-0.39, 0.29) is 18.1 Å². The summed E-state index contributed by atoms with van der Waals surface area (Å²) in [7, 11) is 0. The Morgan fingerprint density at radius 1 is 1.39 bits per heavy atom. The van der Waals surface area contributed by atoms with Gasteiger partial charge in [0.1, 0.15) is 11.3 Å². The normalized spacial score (nSPS) is 10.3. The summed E-state index contributed by atoms with van der Waals surface area (Å²) in [5.41, 5.74) is 5.91. The minimum atomic E-state index is -0.752. The second-order valence-electron chi connectivity index (χ2n) is 3.51. The van der Waals surface area contributed by atoms with Crippen molar-refractivity contribution in [1.82, 2.24) is 0 Å². The van der Waals surface area contributed by atoms with Gasteiger partial charge >= 0.3 is 6.09 Å². The van der Waals surface area contributed by atoms with E-state index in [0.29, 0.717) is 11.0 Å². The molecule has 1 aromatic carbocycles. The van der Waals surface area contributed by atoms with Crippen LogP contribution in [0.25, 0.3) is 11.0 Å². The third-order valence-electron chi connectivity index (χ3n) is 2.32. The molecule has 0 saturated heterocycles. The number of carbonyl (C=O) groups excluding carboxylic acids is 2. The molecule has 1 heterocycles. The van der Waals surface area contributed by atoms with E-state index in [9.17, 15) is 9.59 Å². The number of amides is 2. The zero-order valence-electron chi connectivity index (χ0n) is 9.73. The van der Waals surface area contributed by atoms with E-state index in [1.54, 1.807) is 31.2 Å². The Morgan fingerprint density at radius 2 is 2.11 bits per heavy atom. The van der Waals surface area contributed by atoms with Gasteiger partial charge in [-0.2, -0.15) is 0 Å². The first-order chi connectivity index (χ1) is 8.63. The lowest BCUT2D eigenvalue weighted by Crippen LogP contribution is -2.17. The predicted molar refractivity (Wildman–Crippen MR) is 65.4 cm³/mol. The highest BCUT2D eigenvalue weighted by Crippen LogP contribution is 2.30. The number of nitrogens with one attached hydrogen (secondary N) is 1. The van der Waals surface area contributed by atoms with Crippen molar-refractivity contribution >= 4 is 28.7 Å². The number of rotatable bonds is 3. The van der Waals surface area contributed by atoms with E-state index in [2.05, 4.69) is 5.32 Å². The quantitative estimate of drug-likeness (QED) is 0.869. The third-order valence-corrected chi connectivity index (χ3v) is 2.32. The number of nitrogens with two attached hydrogens (primary N) is 1. The summed E-state index contributed by atoms with van der Waals surface area (Å²) in [6.45, 7) is 1.91. The van der Waals surface area contributed by atoms with E-state index < -0.39 is 12.0 Å². The maximum Gasteiger partial charge on any atom is 0.411 e. The number of hydrogen-bond donors (Lipinski definition) is 2. The topological polar surface area (TPSA) is 94.6 Å². The average Bonchev–Trinajstić information content (AvgIpc) is 2.69. The molecule has 0 aliphatic heterocycles. The number of fused-ring (bicyclic) bond motifs is 1. The zero-order chi connectivity index (χ0) is 13.1. The Bertz CT molecular complexity index is 603. The molecule has 0 aliphatic carbocycles. The average molecular weight is 248 g/mol. The Labute approximate surface area is 103 Å². The number of ether oxygens (including phenoxy) is 1. The van der Waals surface area contributed by atoms with Gasteiger partial charge in [-0.05, 0) is 19.1 Å². The van der Waals surface area contributed by atoms with Crippen LogP contribution in [0.4, 0.5) is 10.5 Å². The van der Waals surface area contributed by atoms with Crippen molar-refractivity contribution in [2.75, 3.05) is 11.9 Å². The van der Waals surface area contributed by atoms with Crippen LogP contribution in [0.15, 0.2) is 28.7 Å². The molecule has 1 aromatic heterocycles. The lowest BCUT2D eigenvalue weighted by molar-refractivity contribution is 0.0977. The molecule has 6 nitrogen and oxygen atoms in total. The van der Waals surface area contributed by atoms with Crippen molar-refractivity contribution < 1.29 is 18.7 Å². The zero-order valence-corrected chi connectivity index (χ0v) is 9.73. The summed E-state index contributed by atoms with van der Waals surface area (Å²) < 4.78 is 10.0. The fourth-order valence-corrected chi connectivity index (χ4v) is 1.61. The van der Waals surface area contributed by atoms with Gasteiger partial charge in [0.15, 0.2) is 0 Å². The first kappa shape index (κ1) is 12.0. The Kier molecular flexibility index (Phi) is 3.18. The molecule has 0 unspecified atom stereocenters. The van der Waals surface area contributed by atoms with Crippen LogP contribution in [-0.2, 0) is 4.74 Å². The maximum atomic E-state index is 11.4. The number of furan rings is 1. The molecule has 2 rings (SSSR count). The summed E-state index contributed by atoms with van der Waals surface area (Å²) in [5, 5.41) is 3.06. The molecule has 0 atom stereocenters. The van der Waals surface area contributed by atoms with Crippen LogP contribution < -0.4 is 11.1 Å². The smallest absolute Gasteiger partial charge is 0.411 e. The molecule has 18 heavy (non-hydrogen) atoms. The molecular formula is C12H12N2O4. The van der Waals surface area contributed by atoms with Crippen LogP contribution in [0.1, 0.15) is 17.5 Å². The Balaban J connectivity index is 2.48. The molecule has 2 aromatic rings. The molecule has 6 heteroatoms. The molecule has 94 valence electrons. The standard InChI is InChI=1S/C12H12N2O4/c1-2-17-12(16)14-9-7-5-3-4-6-8(7)18-10(9)11(13)15/h3-6H,2H2,1H3,(H2,13,15)(H,14,16). The van der Waals surface area contributed by atoms with Crippen LogP contribution in [0.5, 0.6) is 0 Å². The monoisotopic (exact) mass is 248 g/mol. The van der Waals surface area contributed by atoms with Gasteiger partial charge in [0.25, 0.3) is 5.91 Å². The highest BCUT2D eigenvalue weighted by Gasteiger charge is 2.20. The molecule has 2 amide bonds. The first-order valence-corrected chi connectivity index (χ1v) is 5.38. The van der Waals surface area contributed by atoms with Crippen molar-refractivity contribution in [3.63, 3.8) is 0 Å². The van der Waals surface area contributed by atoms with Crippen molar-refractivity contribution in [1.29, 1.82) is 0 Å². The summed E-state index contributed by atoms with van der Waals surface area (Å²) in [6, 6.07) is 6.91. The van der Waals surface area contributed by atoms with E-state index in [1.165, 1.54) is 0 Å². The first-order valence-electron chi connectivity index (χ1n) is 5.38. The number of carbonyl (C=O) groups is 2. The van der Waals surface area contributed by atoms with Gasteiger partial charge in [0, 0.05) is 5.39 Å². The van der Waals surface area contributed by atoms with Crippen molar-refractivity contribution in [2.24, 2.45) is 5.73 Å². The van der Waals surface area contributed by atoms with Gasteiger partial charge < -0.3 is 14.9 Å². The van der Waals surface area contributed by atoms with Gasteiger partial charge in [-0.15, -0.1) is 0 Å². The molecule has 0 bridgehead atoms. The van der Waals surface area contributed by atoms with Crippen LogP contribution in [-0.4, -0.2) is 18.6 Å². The highest BCUT2D eigenvalue weighted by molar-refractivity contribution is 6.09. The number of benzene rings is 1. The van der Waals surface area contributed by atoms with Gasteiger partial charge in [-0.25, -0.2) is 4.79 Å². The van der Waals surface area contributed by atoms with Gasteiger partial charge in [-0.3, -0.25) is 10.1 Å². The molecule has 0 radical (unpaired) electrons. The van der Waals surface area contributed by atoms with Crippen molar-refractivity contribution in [3.05, 3.63) is 30.0 Å². The number of primary amides is 1. The summed E-state index contributed by atoms with van der Waals surface area (Å²) >= 11 is 0. The lowest BCUT2D eigenvalue weighted by atomic mass is 10.2. The van der Waals surface area contributed by atoms with Crippen molar-refractivity contribution in [2.45, 2.75) is 6.92 Å². The lowest BCUT2D eigenvalue weighted by Gasteiger charge is -2.04. The molecule has 0 aliphatic rings. The minimum Gasteiger partial charge on any atom is -0.450 e. The summed E-state index contributed by atoms with van der Waals surface area (Å²) in [4.78, 5) is 22.7. The van der Waals surface area contributed by atoms with Crippen LogP contribution in [0, 0.1) is 0 Å². The highest BCUT2D eigenvalue weighted by atomic mass is 16.5. The fraction of sp³-hybridized carbons (Fsp3) is 0.167. The molecule has 3 N–H and O–H groups in total. The number of para-hydroxylation sites is 1. The van der Waals surface area contributed by atoms with E-state index in [4.69, 9.17) is 14.9 Å². The second kappa shape index (κ2) is 4.79. The van der Waals surface area contributed by atoms with E-state index in [1.807, 2.05) is 0 Å². The van der Waals surface area contributed by atoms with Crippen LogP contribution in [0.2, 0.25) is 0 Å².